The van der Waals surface area contributed by atoms with Crippen molar-refractivity contribution in [3.8, 4) is 0 Å². The molecule has 0 aromatic heterocycles. The van der Waals surface area contributed by atoms with Gasteiger partial charge in [0, 0.05) is 24.8 Å². The van der Waals surface area contributed by atoms with Crippen LogP contribution in [0.5, 0.6) is 0 Å². The maximum Gasteiger partial charge on any atom is 0.227 e. The molecule has 0 atom stereocenters. The van der Waals surface area contributed by atoms with Gasteiger partial charge in [-0.25, -0.2) is 0 Å². The minimum Gasteiger partial charge on any atom is -0.381 e. The number of carbonyl (C=O) groups is 1. The summed E-state index contributed by atoms with van der Waals surface area (Å²) in [6.07, 6.45) is 1.54. The van der Waals surface area contributed by atoms with E-state index in [1.54, 1.807) is 18.2 Å². The van der Waals surface area contributed by atoms with Crippen molar-refractivity contribution in [3.05, 3.63) is 28.2 Å². The van der Waals surface area contributed by atoms with E-state index in [4.69, 9.17) is 27.9 Å². The van der Waals surface area contributed by atoms with Crippen LogP contribution < -0.4 is 5.32 Å². The van der Waals surface area contributed by atoms with Gasteiger partial charge in [0.05, 0.1) is 10.0 Å². The van der Waals surface area contributed by atoms with E-state index in [1.807, 2.05) is 0 Å². The fourth-order valence-corrected chi connectivity index (χ4v) is 2.08. The lowest BCUT2D eigenvalue weighted by molar-refractivity contribution is -0.122. The topological polar surface area (TPSA) is 38.3 Å². The van der Waals surface area contributed by atoms with Gasteiger partial charge >= 0.3 is 0 Å². The molecule has 0 aliphatic carbocycles. The van der Waals surface area contributed by atoms with Crippen LogP contribution in [0.4, 0.5) is 5.69 Å². The zero-order chi connectivity index (χ0) is 12.3. The number of ether oxygens (including phenoxy) is 1. The summed E-state index contributed by atoms with van der Waals surface area (Å²) in [4.78, 5) is 11.9. The van der Waals surface area contributed by atoms with Gasteiger partial charge in [0.1, 0.15) is 0 Å². The highest BCUT2D eigenvalue weighted by Crippen LogP contribution is 2.26. The maximum absolute atomic E-state index is 11.9. The molecule has 1 aliphatic heterocycles. The minimum atomic E-state index is 0.0201. The number of amides is 1. The molecule has 0 radical (unpaired) electrons. The van der Waals surface area contributed by atoms with Crippen LogP contribution in [0.3, 0.4) is 0 Å². The molecule has 2 rings (SSSR count). The van der Waals surface area contributed by atoms with Gasteiger partial charge in [-0.2, -0.15) is 0 Å². The fourth-order valence-electron chi connectivity index (χ4n) is 1.78. The van der Waals surface area contributed by atoms with E-state index in [0.717, 1.165) is 12.8 Å². The molecule has 0 spiro atoms. The van der Waals surface area contributed by atoms with Crippen molar-refractivity contribution in [2.45, 2.75) is 12.8 Å². The van der Waals surface area contributed by atoms with Gasteiger partial charge in [0.25, 0.3) is 0 Å². The predicted octanol–water partition coefficient (Wildman–Crippen LogP) is 3.36. The second-order valence-corrected chi connectivity index (χ2v) is 4.82. The monoisotopic (exact) mass is 273 g/mol. The SMILES string of the molecule is O=C(Nc1ccc(Cl)c(Cl)c1)C1CCOCC1. The van der Waals surface area contributed by atoms with Crippen LogP contribution in [0.2, 0.25) is 10.0 Å². The third-order valence-electron chi connectivity index (χ3n) is 2.78. The van der Waals surface area contributed by atoms with Gasteiger partial charge in [-0.3, -0.25) is 4.79 Å². The number of halogens is 2. The van der Waals surface area contributed by atoms with Crippen LogP contribution in [0, 0.1) is 5.92 Å². The summed E-state index contributed by atoms with van der Waals surface area (Å²) in [5, 5.41) is 3.77. The first-order chi connectivity index (χ1) is 8.16. The third kappa shape index (κ3) is 3.35. The Bertz CT molecular complexity index is 417. The molecule has 5 heteroatoms. The van der Waals surface area contributed by atoms with Gasteiger partial charge in [-0.15, -0.1) is 0 Å². The second kappa shape index (κ2) is 5.71. The lowest BCUT2D eigenvalue weighted by atomic mass is 9.99. The number of rotatable bonds is 2. The van der Waals surface area contributed by atoms with Crippen LogP contribution in [-0.2, 0) is 9.53 Å². The van der Waals surface area contributed by atoms with Crippen LogP contribution in [0.25, 0.3) is 0 Å². The average Bonchev–Trinajstić information content (AvgIpc) is 2.35. The molecular formula is C12H13Cl2NO2. The quantitative estimate of drug-likeness (QED) is 0.898. The van der Waals surface area contributed by atoms with Crippen molar-refractivity contribution in [1.82, 2.24) is 0 Å². The van der Waals surface area contributed by atoms with E-state index >= 15 is 0 Å². The Morgan fingerprint density at radius 3 is 2.59 bits per heavy atom. The predicted molar refractivity (Wildman–Crippen MR) is 68.6 cm³/mol. The van der Waals surface area contributed by atoms with Gasteiger partial charge in [0.2, 0.25) is 5.91 Å². The molecule has 17 heavy (non-hydrogen) atoms. The average molecular weight is 274 g/mol. The molecule has 0 bridgehead atoms. The number of carbonyl (C=O) groups excluding carboxylic acids is 1. The van der Waals surface area contributed by atoms with Crippen molar-refractivity contribution < 1.29 is 9.53 Å². The Kier molecular flexibility index (Phi) is 4.26. The normalized spacial score (nSPS) is 16.8. The van der Waals surface area contributed by atoms with Gasteiger partial charge in [-0.1, -0.05) is 23.2 Å². The maximum atomic E-state index is 11.9. The van der Waals surface area contributed by atoms with Crippen molar-refractivity contribution >= 4 is 34.8 Å². The third-order valence-corrected chi connectivity index (χ3v) is 3.52. The molecule has 1 aliphatic rings. The van der Waals surface area contributed by atoms with Crippen molar-refractivity contribution in [3.63, 3.8) is 0 Å². The zero-order valence-electron chi connectivity index (χ0n) is 9.21. The Labute approximate surface area is 110 Å². The molecule has 92 valence electrons. The van der Waals surface area contributed by atoms with E-state index in [0.29, 0.717) is 28.9 Å². The molecule has 1 aromatic carbocycles. The summed E-state index contributed by atoms with van der Waals surface area (Å²) in [6.45, 7) is 1.30. The summed E-state index contributed by atoms with van der Waals surface area (Å²) in [7, 11) is 0. The minimum absolute atomic E-state index is 0.0201. The highest BCUT2D eigenvalue weighted by molar-refractivity contribution is 6.42. The zero-order valence-corrected chi connectivity index (χ0v) is 10.7. The Balaban J connectivity index is 1.99. The molecule has 1 N–H and O–H groups in total. The first kappa shape index (κ1) is 12.7. The van der Waals surface area contributed by atoms with Gasteiger partial charge in [0.15, 0.2) is 0 Å². The molecule has 3 nitrogen and oxygen atoms in total. The van der Waals surface area contributed by atoms with E-state index < -0.39 is 0 Å². The molecule has 0 saturated carbocycles. The molecular weight excluding hydrogens is 261 g/mol. The number of hydrogen-bond donors (Lipinski definition) is 1. The number of anilines is 1. The van der Waals surface area contributed by atoms with Gasteiger partial charge < -0.3 is 10.1 Å². The number of nitrogens with one attached hydrogen (secondary N) is 1. The fraction of sp³-hybridized carbons (Fsp3) is 0.417. The Morgan fingerprint density at radius 2 is 1.94 bits per heavy atom. The molecule has 1 fully saturated rings. The van der Waals surface area contributed by atoms with E-state index in [-0.39, 0.29) is 11.8 Å². The molecule has 0 unspecified atom stereocenters. The highest BCUT2D eigenvalue weighted by Gasteiger charge is 2.21. The second-order valence-electron chi connectivity index (χ2n) is 4.00. The standard InChI is InChI=1S/C12H13Cl2NO2/c13-10-2-1-9(7-11(10)14)15-12(16)8-3-5-17-6-4-8/h1-2,7-8H,3-6H2,(H,15,16). The lowest BCUT2D eigenvalue weighted by Crippen LogP contribution is -2.28. The van der Waals surface area contributed by atoms with Crippen molar-refractivity contribution in [2.75, 3.05) is 18.5 Å². The van der Waals surface area contributed by atoms with Crippen LogP contribution in [-0.4, -0.2) is 19.1 Å². The van der Waals surface area contributed by atoms with Crippen molar-refractivity contribution in [2.24, 2.45) is 5.92 Å². The first-order valence-corrected chi connectivity index (χ1v) is 6.26. The summed E-state index contributed by atoms with van der Waals surface area (Å²) in [5.74, 6) is 0.0462. The molecule has 1 heterocycles. The van der Waals surface area contributed by atoms with Crippen LogP contribution in [0.1, 0.15) is 12.8 Å². The molecule has 1 amide bonds. The lowest BCUT2D eigenvalue weighted by Gasteiger charge is -2.21. The largest absolute Gasteiger partial charge is 0.381 e. The smallest absolute Gasteiger partial charge is 0.227 e. The summed E-state index contributed by atoms with van der Waals surface area (Å²) in [6, 6.07) is 5.07. The summed E-state index contributed by atoms with van der Waals surface area (Å²) < 4.78 is 5.22. The van der Waals surface area contributed by atoms with E-state index in [1.165, 1.54) is 0 Å². The molecule has 1 saturated heterocycles. The summed E-state index contributed by atoms with van der Waals surface area (Å²) in [5.41, 5.74) is 0.677. The number of hydrogen-bond acceptors (Lipinski definition) is 2. The first-order valence-electron chi connectivity index (χ1n) is 5.50. The Morgan fingerprint density at radius 1 is 1.24 bits per heavy atom. The van der Waals surface area contributed by atoms with Gasteiger partial charge in [-0.05, 0) is 31.0 Å². The van der Waals surface area contributed by atoms with E-state index in [2.05, 4.69) is 5.32 Å². The van der Waals surface area contributed by atoms with E-state index in [9.17, 15) is 4.79 Å². The highest BCUT2D eigenvalue weighted by atomic mass is 35.5. The van der Waals surface area contributed by atoms with Crippen molar-refractivity contribution in [1.29, 1.82) is 0 Å². The number of benzene rings is 1. The van der Waals surface area contributed by atoms with Crippen LogP contribution in [0.15, 0.2) is 18.2 Å². The van der Waals surface area contributed by atoms with Crippen LogP contribution >= 0.6 is 23.2 Å². The summed E-state index contributed by atoms with van der Waals surface area (Å²) >= 11 is 11.7. The Hall–Kier alpha value is -0.770. The molecule has 1 aromatic rings.